The Balaban J connectivity index is 2.36. The summed E-state index contributed by atoms with van der Waals surface area (Å²) in [5.41, 5.74) is 6.87. The van der Waals surface area contributed by atoms with Crippen LogP contribution in [0.25, 0.3) is 6.08 Å². The lowest BCUT2D eigenvalue weighted by molar-refractivity contribution is 0.628. The monoisotopic (exact) mass is 264 g/mol. The summed E-state index contributed by atoms with van der Waals surface area (Å²) in [4.78, 5) is 7.90. The number of anilines is 3. The molecule has 2 aromatic rings. The third-order valence-corrected chi connectivity index (χ3v) is 2.59. The van der Waals surface area contributed by atoms with Gasteiger partial charge in [-0.15, -0.1) is 0 Å². The van der Waals surface area contributed by atoms with Crippen LogP contribution in [-0.2, 0) is 0 Å². The lowest BCUT2D eigenvalue weighted by Crippen LogP contribution is -2.02. The number of rotatable bonds is 3. The second-order valence-electron chi connectivity index (χ2n) is 3.48. The molecule has 0 amide bonds. The SMILES string of the molecule is C=Cc1c(N)ncnc1Nc1ccc(F)c(Cl)c1. The fourth-order valence-electron chi connectivity index (χ4n) is 1.42. The summed E-state index contributed by atoms with van der Waals surface area (Å²) in [7, 11) is 0. The molecule has 2 rings (SSSR count). The molecule has 1 aromatic heterocycles. The van der Waals surface area contributed by atoms with Crippen LogP contribution in [0.1, 0.15) is 5.56 Å². The molecule has 3 N–H and O–H groups in total. The number of halogens is 2. The Labute approximate surface area is 108 Å². The maximum atomic E-state index is 13.0. The molecule has 6 heteroatoms. The van der Waals surface area contributed by atoms with Crippen molar-refractivity contribution in [1.29, 1.82) is 0 Å². The normalized spacial score (nSPS) is 10.1. The van der Waals surface area contributed by atoms with Crippen molar-refractivity contribution in [2.24, 2.45) is 0 Å². The Morgan fingerprint density at radius 2 is 2.17 bits per heavy atom. The smallest absolute Gasteiger partial charge is 0.143 e. The Bertz CT molecular complexity index is 601. The summed E-state index contributed by atoms with van der Waals surface area (Å²) in [6.07, 6.45) is 2.87. The van der Waals surface area contributed by atoms with E-state index in [0.717, 1.165) is 0 Å². The van der Waals surface area contributed by atoms with Crippen molar-refractivity contribution in [3.05, 3.63) is 47.5 Å². The van der Waals surface area contributed by atoms with Crippen LogP contribution in [0.15, 0.2) is 31.1 Å². The van der Waals surface area contributed by atoms with Crippen molar-refractivity contribution < 1.29 is 4.39 Å². The van der Waals surface area contributed by atoms with E-state index in [9.17, 15) is 4.39 Å². The van der Waals surface area contributed by atoms with Crippen molar-refractivity contribution in [3.8, 4) is 0 Å². The zero-order chi connectivity index (χ0) is 13.1. The van der Waals surface area contributed by atoms with Crippen LogP contribution in [0.4, 0.5) is 21.7 Å². The van der Waals surface area contributed by atoms with Gasteiger partial charge in [-0.3, -0.25) is 0 Å². The van der Waals surface area contributed by atoms with E-state index < -0.39 is 5.82 Å². The van der Waals surface area contributed by atoms with Crippen LogP contribution in [0.3, 0.4) is 0 Å². The first kappa shape index (κ1) is 12.3. The van der Waals surface area contributed by atoms with E-state index in [-0.39, 0.29) is 5.02 Å². The van der Waals surface area contributed by atoms with E-state index in [1.807, 2.05) is 0 Å². The molecule has 0 saturated carbocycles. The first-order chi connectivity index (χ1) is 8.61. The average Bonchev–Trinajstić information content (AvgIpc) is 2.34. The van der Waals surface area contributed by atoms with Crippen LogP contribution in [0.5, 0.6) is 0 Å². The Kier molecular flexibility index (Phi) is 3.43. The molecular weight excluding hydrogens is 255 g/mol. The molecule has 0 bridgehead atoms. The highest BCUT2D eigenvalue weighted by atomic mass is 35.5. The molecule has 0 aliphatic carbocycles. The highest BCUT2D eigenvalue weighted by Gasteiger charge is 2.07. The molecule has 0 atom stereocenters. The minimum atomic E-state index is -0.478. The van der Waals surface area contributed by atoms with Crippen molar-refractivity contribution in [2.75, 3.05) is 11.1 Å². The predicted octanol–water partition coefficient (Wildman–Crippen LogP) is 3.24. The summed E-state index contributed by atoms with van der Waals surface area (Å²) in [6, 6.07) is 4.28. The lowest BCUT2D eigenvalue weighted by atomic mass is 10.2. The number of nitrogens with two attached hydrogens (primary N) is 1. The van der Waals surface area contributed by atoms with Gasteiger partial charge in [-0.2, -0.15) is 0 Å². The van der Waals surface area contributed by atoms with Gasteiger partial charge in [0.1, 0.15) is 23.8 Å². The molecule has 0 saturated heterocycles. The van der Waals surface area contributed by atoms with E-state index in [1.165, 1.54) is 18.5 Å². The van der Waals surface area contributed by atoms with E-state index in [0.29, 0.717) is 22.9 Å². The number of benzene rings is 1. The fraction of sp³-hybridized carbons (Fsp3) is 0. The van der Waals surface area contributed by atoms with Crippen LogP contribution < -0.4 is 11.1 Å². The molecule has 1 heterocycles. The molecule has 0 radical (unpaired) electrons. The minimum Gasteiger partial charge on any atom is -0.383 e. The van der Waals surface area contributed by atoms with Gasteiger partial charge in [0.2, 0.25) is 0 Å². The standard InChI is InChI=1S/C12H10ClFN4/c1-2-8-11(15)16-6-17-12(8)18-7-3-4-10(14)9(13)5-7/h2-6H,1H2,(H3,15,16,17,18). The van der Waals surface area contributed by atoms with E-state index in [4.69, 9.17) is 17.3 Å². The van der Waals surface area contributed by atoms with Crippen LogP contribution in [0, 0.1) is 5.82 Å². The summed E-state index contributed by atoms with van der Waals surface area (Å²) in [5.74, 6) is 0.323. The number of nitrogens with zero attached hydrogens (tertiary/aromatic N) is 2. The molecule has 0 spiro atoms. The van der Waals surface area contributed by atoms with Gasteiger partial charge in [0.05, 0.1) is 10.6 Å². The van der Waals surface area contributed by atoms with Gasteiger partial charge in [0, 0.05) is 5.69 Å². The van der Waals surface area contributed by atoms with Gasteiger partial charge in [0.15, 0.2) is 0 Å². The molecule has 4 nitrogen and oxygen atoms in total. The Morgan fingerprint density at radius 1 is 1.39 bits per heavy atom. The van der Waals surface area contributed by atoms with Gasteiger partial charge in [-0.25, -0.2) is 14.4 Å². The number of nitrogens with one attached hydrogen (secondary N) is 1. The summed E-state index contributed by atoms with van der Waals surface area (Å²) in [6.45, 7) is 3.64. The molecule has 0 aliphatic heterocycles. The number of aromatic nitrogens is 2. The zero-order valence-corrected chi connectivity index (χ0v) is 10.1. The Morgan fingerprint density at radius 3 is 2.83 bits per heavy atom. The first-order valence-corrected chi connectivity index (χ1v) is 5.44. The van der Waals surface area contributed by atoms with Crippen LogP contribution in [-0.4, -0.2) is 9.97 Å². The van der Waals surface area contributed by atoms with Gasteiger partial charge >= 0.3 is 0 Å². The van der Waals surface area contributed by atoms with Gasteiger partial charge in [-0.1, -0.05) is 24.3 Å². The zero-order valence-electron chi connectivity index (χ0n) is 9.32. The summed E-state index contributed by atoms with van der Waals surface area (Å²) < 4.78 is 13.0. The summed E-state index contributed by atoms with van der Waals surface area (Å²) >= 11 is 5.69. The molecule has 18 heavy (non-hydrogen) atoms. The van der Waals surface area contributed by atoms with Crippen LogP contribution >= 0.6 is 11.6 Å². The first-order valence-electron chi connectivity index (χ1n) is 5.07. The number of hydrogen-bond acceptors (Lipinski definition) is 4. The molecule has 0 aliphatic rings. The highest BCUT2D eigenvalue weighted by molar-refractivity contribution is 6.31. The van der Waals surface area contributed by atoms with Gasteiger partial charge < -0.3 is 11.1 Å². The third-order valence-electron chi connectivity index (χ3n) is 2.30. The van der Waals surface area contributed by atoms with Crippen molar-refractivity contribution in [1.82, 2.24) is 9.97 Å². The number of hydrogen-bond donors (Lipinski definition) is 2. The fourth-order valence-corrected chi connectivity index (χ4v) is 1.60. The minimum absolute atomic E-state index is 0.0298. The Hall–Kier alpha value is -2.14. The number of nitrogen functional groups attached to an aromatic ring is 1. The lowest BCUT2D eigenvalue weighted by Gasteiger charge is -2.10. The molecular formula is C12H10ClFN4. The quantitative estimate of drug-likeness (QED) is 0.893. The third kappa shape index (κ3) is 2.41. The maximum absolute atomic E-state index is 13.0. The topological polar surface area (TPSA) is 63.8 Å². The van der Waals surface area contributed by atoms with Crippen molar-refractivity contribution >= 4 is 35.0 Å². The van der Waals surface area contributed by atoms with E-state index >= 15 is 0 Å². The van der Waals surface area contributed by atoms with E-state index in [1.54, 1.807) is 12.1 Å². The molecule has 1 aromatic carbocycles. The van der Waals surface area contributed by atoms with Crippen LogP contribution in [0.2, 0.25) is 5.02 Å². The van der Waals surface area contributed by atoms with Gasteiger partial charge in [0.25, 0.3) is 0 Å². The largest absolute Gasteiger partial charge is 0.383 e. The maximum Gasteiger partial charge on any atom is 0.143 e. The second-order valence-corrected chi connectivity index (χ2v) is 3.89. The molecule has 92 valence electrons. The highest BCUT2D eigenvalue weighted by Crippen LogP contribution is 2.25. The second kappa shape index (κ2) is 5.01. The summed E-state index contributed by atoms with van der Waals surface area (Å²) in [5, 5.41) is 3.01. The van der Waals surface area contributed by atoms with E-state index in [2.05, 4.69) is 21.9 Å². The van der Waals surface area contributed by atoms with Crippen molar-refractivity contribution in [3.63, 3.8) is 0 Å². The predicted molar refractivity (Wildman–Crippen MR) is 71.2 cm³/mol. The van der Waals surface area contributed by atoms with Gasteiger partial charge in [-0.05, 0) is 18.2 Å². The molecule has 0 unspecified atom stereocenters. The molecule has 0 fully saturated rings. The average molecular weight is 265 g/mol. The van der Waals surface area contributed by atoms with Crippen molar-refractivity contribution in [2.45, 2.75) is 0 Å².